The van der Waals surface area contributed by atoms with Crippen LogP contribution < -0.4 is 5.32 Å². The number of benzene rings is 1. The number of aliphatic carboxylic acids is 1. The van der Waals surface area contributed by atoms with Crippen molar-refractivity contribution in [3.05, 3.63) is 34.7 Å². The first kappa shape index (κ1) is 14.3. The summed E-state index contributed by atoms with van der Waals surface area (Å²) in [4.78, 5) is 26.8. The third kappa shape index (κ3) is 2.15. The van der Waals surface area contributed by atoms with Crippen LogP contribution in [0.1, 0.15) is 10.5 Å². The number of carbonyl (C=O) groups is 2. The van der Waals surface area contributed by atoms with E-state index in [1.807, 2.05) is 0 Å². The third-order valence-corrected chi connectivity index (χ3v) is 3.75. The lowest BCUT2D eigenvalue weighted by atomic mass is 10.1. The zero-order valence-corrected chi connectivity index (χ0v) is 12.5. The van der Waals surface area contributed by atoms with Gasteiger partial charge in [-0.15, -0.1) is 0 Å². The highest BCUT2D eigenvalue weighted by molar-refractivity contribution is 9.10. The molecular formula is C13H9BrN4O4. The summed E-state index contributed by atoms with van der Waals surface area (Å²) in [6.45, 7) is -0.564. The fourth-order valence-electron chi connectivity index (χ4n) is 2.20. The van der Waals surface area contributed by atoms with Crippen LogP contribution in [-0.2, 0) is 4.79 Å². The lowest BCUT2D eigenvalue weighted by Gasteiger charge is -2.11. The van der Waals surface area contributed by atoms with Gasteiger partial charge in [0.05, 0.1) is 0 Å². The second-order valence-electron chi connectivity index (χ2n) is 4.43. The van der Waals surface area contributed by atoms with E-state index < -0.39 is 18.4 Å². The minimum Gasteiger partial charge on any atom is -0.505 e. The Morgan fingerprint density at radius 2 is 2.14 bits per heavy atom. The first-order valence-corrected chi connectivity index (χ1v) is 6.93. The van der Waals surface area contributed by atoms with E-state index in [1.54, 1.807) is 18.2 Å². The molecule has 3 rings (SSSR count). The molecule has 1 aromatic carbocycles. The summed E-state index contributed by atoms with van der Waals surface area (Å²) in [5, 5.41) is 26.2. The zero-order valence-electron chi connectivity index (χ0n) is 10.9. The minimum absolute atomic E-state index is 0.167. The van der Waals surface area contributed by atoms with Gasteiger partial charge in [0.1, 0.15) is 12.9 Å². The van der Waals surface area contributed by atoms with Gasteiger partial charge < -0.3 is 15.5 Å². The molecule has 9 heteroatoms. The van der Waals surface area contributed by atoms with E-state index in [1.165, 1.54) is 10.8 Å². The first-order valence-electron chi connectivity index (χ1n) is 6.13. The van der Waals surface area contributed by atoms with Gasteiger partial charge in [-0.3, -0.25) is 9.59 Å². The fraction of sp³-hybridized carbons (Fsp3) is 0.0769. The van der Waals surface area contributed by atoms with E-state index in [0.29, 0.717) is 20.9 Å². The highest BCUT2D eigenvalue weighted by atomic mass is 79.9. The van der Waals surface area contributed by atoms with Crippen LogP contribution in [0.25, 0.3) is 16.4 Å². The van der Waals surface area contributed by atoms with E-state index in [4.69, 9.17) is 5.11 Å². The van der Waals surface area contributed by atoms with Crippen LogP contribution in [0.2, 0.25) is 0 Å². The van der Waals surface area contributed by atoms with E-state index in [0.717, 1.165) is 0 Å². The Kier molecular flexibility index (Phi) is 3.41. The average Bonchev–Trinajstić information content (AvgIpc) is 2.94. The van der Waals surface area contributed by atoms with E-state index in [9.17, 15) is 14.7 Å². The Morgan fingerprint density at radius 3 is 2.86 bits per heavy atom. The molecule has 0 unspecified atom stereocenters. The van der Waals surface area contributed by atoms with Crippen LogP contribution in [0.15, 0.2) is 29.0 Å². The maximum atomic E-state index is 12.2. The molecule has 0 aliphatic heterocycles. The molecule has 8 nitrogen and oxygen atoms in total. The largest absolute Gasteiger partial charge is 0.505 e. The average molecular weight is 365 g/mol. The van der Waals surface area contributed by atoms with Crippen LogP contribution in [0, 0.1) is 0 Å². The summed E-state index contributed by atoms with van der Waals surface area (Å²) in [7, 11) is 0. The molecule has 0 spiro atoms. The number of nitrogens with one attached hydrogen (secondary N) is 1. The number of pyridine rings is 1. The van der Waals surface area contributed by atoms with Crippen molar-refractivity contribution in [3.63, 3.8) is 0 Å². The van der Waals surface area contributed by atoms with Crippen molar-refractivity contribution in [1.29, 1.82) is 0 Å². The van der Waals surface area contributed by atoms with Crippen molar-refractivity contribution in [2.24, 2.45) is 0 Å². The number of fused-ring (bicyclic) bond motifs is 3. The van der Waals surface area contributed by atoms with Gasteiger partial charge in [0, 0.05) is 15.2 Å². The van der Waals surface area contributed by atoms with Crippen LogP contribution in [0.3, 0.4) is 0 Å². The number of carbonyl (C=O) groups excluding carboxylic acids is 1. The molecule has 0 radical (unpaired) electrons. The summed E-state index contributed by atoms with van der Waals surface area (Å²) in [5.41, 5.74) is 0.208. The van der Waals surface area contributed by atoms with Crippen LogP contribution in [-0.4, -0.2) is 43.2 Å². The number of aromatic hydroxyl groups is 1. The Balaban J connectivity index is 2.29. The van der Waals surface area contributed by atoms with Gasteiger partial charge in [-0.1, -0.05) is 28.1 Å². The molecule has 3 N–H and O–H groups in total. The molecule has 2 aromatic heterocycles. The van der Waals surface area contributed by atoms with Gasteiger partial charge in [0.15, 0.2) is 17.1 Å². The smallest absolute Gasteiger partial charge is 0.322 e. The van der Waals surface area contributed by atoms with Gasteiger partial charge in [-0.2, -0.15) is 5.10 Å². The van der Waals surface area contributed by atoms with E-state index >= 15 is 0 Å². The molecule has 1 amide bonds. The Bertz CT molecular complexity index is 921. The monoisotopic (exact) mass is 364 g/mol. The number of amides is 1. The minimum atomic E-state index is -1.19. The van der Waals surface area contributed by atoms with Crippen LogP contribution in [0.5, 0.6) is 5.75 Å². The normalized spacial score (nSPS) is 11.0. The topological polar surface area (TPSA) is 117 Å². The van der Waals surface area contributed by atoms with Gasteiger partial charge in [-0.05, 0) is 6.07 Å². The highest BCUT2D eigenvalue weighted by Crippen LogP contribution is 2.35. The molecular weight excluding hydrogens is 356 g/mol. The van der Waals surface area contributed by atoms with Crippen molar-refractivity contribution in [1.82, 2.24) is 19.9 Å². The molecule has 0 atom stereocenters. The van der Waals surface area contributed by atoms with Crippen molar-refractivity contribution >= 4 is 44.2 Å². The molecule has 0 bridgehead atoms. The molecule has 2 heterocycles. The lowest BCUT2D eigenvalue weighted by Crippen LogP contribution is -2.31. The van der Waals surface area contributed by atoms with Crippen molar-refractivity contribution < 1.29 is 19.8 Å². The molecule has 0 fully saturated rings. The zero-order chi connectivity index (χ0) is 15.9. The van der Waals surface area contributed by atoms with Crippen LogP contribution >= 0.6 is 15.9 Å². The molecule has 112 valence electrons. The highest BCUT2D eigenvalue weighted by Gasteiger charge is 2.22. The third-order valence-electron chi connectivity index (χ3n) is 3.09. The van der Waals surface area contributed by atoms with Gasteiger partial charge in [0.25, 0.3) is 5.91 Å². The molecule has 0 saturated carbocycles. The molecule has 0 aliphatic rings. The summed E-state index contributed by atoms with van der Waals surface area (Å²) >= 11 is 3.38. The summed E-state index contributed by atoms with van der Waals surface area (Å²) in [6.07, 6.45) is 1.25. The predicted molar refractivity (Wildman–Crippen MR) is 79.8 cm³/mol. The van der Waals surface area contributed by atoms with Gasteiger partial charge >= 0.3 is 5.97 Å². The SMILES string of the molecule is O=C(O)CNC(=O)c1c(O)c2cccc(Br)c2c2ncnn12. The van der Waals surface area contributed by atoms with Gasteiger partial charge in [0.2, 0.25) is 0 Å². The van der Waals surface area contributed by atoms with Gasteiger partial charge in [-0.25, -0.2) is 9.50 Å². The second-order valence-corrected chi connectivity index (χ2v) is 5.29. The Morgan fingerprint density at radius 1 is 1.36 bits per heavy atom. The van der Waals surface area contributed by atoms with Crippen molar-refractivity contribution in [2.45, 2.75) is 0 Å². The number of aromatic nitrogens is 3. The predicted octanol–water partition coefficient (Wildman–Crippen LogP) is 1.17. The maximum Gasteiger partial charge on any atom is 0.322 e. The maximum absolute atomic E-state index is 12.2. The summed E-state index contributed by atoms with van der Waals surface area (Å²) in [5.74, 6) is -2.24. The number of hydrogen-bond acceptors (Lipinski definition) is 5. The number of carboxylic acids is 1. The number of nitrogens with zero attached hydrogens (tertiary/aromatic N) is 3. The fourth-order valence-corrected chi connectivity index (χ4v) is 2.74. The first-order chi connectivity index (χ1) is 10.5. The molecule has 22 heavy (non-hydrogen) atoms. The van der Waals surface area contributed by atoms with Crippen LogP contribution in [0.4, 0.5) is 0 Å². The van der Waals surface area contributed by atoms with Crippen molar-refractivity contribution in [3.8, 4) is 5.75 Å². The van der Waals surface area contributed by atoms with Crippen molar-refractivity contribution in [2.75, 3.05) is 6.54 Å². The standard InChI is InChI=1S/C13H9BrN4O4/c14-7-3-1-2-6-9(7)12-16-5-17-18(12)10(11(6)21)13(22)15-4-8(19)20/h1-3,5,21H,4H2,(H,15,22)(H,19,20). The summed E-state index contributed by atoms with van der Waals surface area (Å²) < 4.78 is 1.87. The molecule has 3 aromatic rings. The lowest BCUT2D eigenvalue weighted by molar-refractivity contribution is -0.135. The summed E-state index contributed by atoms with van der Waals surface area (Å²) in [6, 6.07) is 5.12. The van der Waals surface area contributed by atoms with E-state index in [2.05, 4.69) is 31.3 Å². The number of halogens is 1. The number of carboxylic acid groups (broad SMARTS) is 1. The number of rotatable bonds is 3. The number of hydrogen-bond donors (Lipinski definition) is 3. The van der Waals surface area contributed by atoms with E-state index in [-0.39, 0.29) is 11.4 Å². The quantitative estimate of drug-likeness (QED) is 0.642. The second kappa shape index (κ2) is 5.26. The Hall–Kier alpha value is -2.68. The molecule has 0 saturated heterocycles. The molecule has 0 aliphatic carbocycles. The Labute approximate surface area is 131 Å².